The molecule has 0 radical (unpaired) electrons. The van der Waals surface area contributed by atoms with Gasteiger partial charge < -0.3 is 5.32 Å². The van der Waals surface area contributed by atoms with Crippen LogP contribution in [0.25, 0.3) is 0 Å². The molecule has 160 valence electrons. The summed E-state index contributed by atoms with van der Waals surface area (Å²) in [7, 11) is 0. The molecule has 1 fully saturated rings. The lowest BCUT2D eigenvalue weighted by atomic mass is 9.69. The van der Waals surface area contributed by atoms with Crippen LogP contribution in [0.15, 0.2) is 59.5 Å². The lowest BCUT2D eigenvalue weighted by Crippen LogP contribution is -2.38. The molecule has 0 heterocycles. The van der Waals surface area contributed by atoms with Crippen LogP contribution in [0.4, 0.5) is 5.69 Å². The Bertz CT molecular complexity index is 841. The van der Waals surface area contributed by atoms with Gasteiger partial charge in [-0.05, 0) is 61.1 Å². The van der Waals surface area contributed by atoms with Crippen molar-refractivity contribution in [2.45, 2.75) is 70.1 Å². The van der Waals surface area contributed by atoms with Crippen molar-refractivity contribution in [1.29, 1.82) is 0 Å². The Morgan fingerprint density at radius 3 is 2.33 bits per heavy atom. The second-order valence-electron chi connectivity index (χ2n) is 8.86. The zero-order chi connectivity index (χ0) is 21.4. The number of amides is 1. The van der Waals surface area contributed by atoms with Gasteiger partial charge in [-0.2, -0.15) is 0 Å². The van der Waals surface area contributed by atoms with E-state index in [-0.39, 0.29) is 16.4 Å². The van der Waals surface area contributed by atoms with E-state index < -0.39 is 0 Å². The first-order valence-corrected chi connectivity index (χ1v) is 12.0. The third kappa shape index (κ3) is 6.21. The SMILES string of the molecule is CC(C)CCC1(C(=O)Nc2ccccc2SC(=O)Cc2ccccc2)CCCCC1. The van der Waals surface area contributed by atoms with Crippen molar-refractivity contribution in [3.05, 3.63) is 60.2 Å². The minimum Gasteiger partial charge on any atom is -0.325 e. The molecule has 1 amide bonds. The van der Waals surface area contributed by atoms with Gasteiger partial charge in [-0.25, -0.2) is 0 Å². The molecule has 30 heavy (non-hydrogen) atoms. The second kappa shape index (κ2) is 10.8. The van der Waals surface area contributed by atoms with Crippen LogP contribution >= 0.6 is 11.8 Å². The quantitative estimate of drug-likeness (QED) is 0.471. The monoisotopic (exact) mass is 423 g/mol. The van der Waals surface area contributed by atoms with Crippen LogP contribution in [0.2, 0.25) is 0 Å². The molecule has 0 spiro atoms. The Kier molecular flexibility index (Phi) is 8.15. The summed E-state index contributed by atoms with van der Waals surface area (Å²) in [5.41, 5.74) is 1.49. The number of carbonyl (C=O) groups is 2. The van der Waals surface area contributed by atoms with E-state index in [1.165, 1.54) is 18.2 Å². The van der Waals surface area contributed by atoms with Crippen LogP contribution in [0.5, 0.6) is 0 Å². The first kappa shape index (κ1) is 22.6. The first-order chi connectivity index (χ1) is 14.5. The molecule has 1 N–H and O–H groups in total. The molecule has 1 aliphatic rings. The zero-order valence-electron chi connectivity index (χ0n) is 18.2. The largest absolute Gasteiger partial charge is 0.325 e. The van der Waals surface area contributed by atoms with E-state index in [0.29, 0.717) is 12.3 Å². The van der Waals surface area contributed by atoms with Gasteiger partial charge >= 0.3 is 0 Å². The van der Waals surface area contributed by atoms with Crippen molar-refractivity contribution in [3.63, 3.8) is 0 Å². The van der Waals surface area contributed by atoms with E-state index in [2.05, 4.69) is 19.2 Å². The van der Waals surface area contributed by atoms with E-state index in [4.69, 9.17) is 0 Å². The highest BCUT2D eigenvalue weighted by molar-refractivity contribution is 8.13. The molecule has 0 unspecified atom stereocenters. The topological polar surface area (TPSA) is 46.2 Å². The van der Waals surface area contributed by atoms with Gasteiger partial charge in [-0.15, -0.1) is 0 Å². The number of nitrogens with one attached hydrogen (secondary N) is 1. The number of thioether (sulfide) groups is 1. The van der Waals surface area contributed by atoms with E-state index >= 15 is 0 Å². The zero-order valence-corrected chi connectivity index (χ0v) is 19.0. The lowest BCUT2D eigenvalue weighted by molar-refractivity contribution is -0.128. The number of anilines is 1. The minimum absolute atomic E-state index is 0.0788. The summed E-state index contributed by atoms with van der Waals surface area (Å²) in [5, 5.41) is 3.28. The molecule has 0 atom stereocenters. The molecule has 0 bridgehead atoms. The summed E-state index contributed by atoms with van der Waals surface area (Å²) in [6.07, 6.45) is 7.79. The predicted molar refractivity (Wildman–Crippen MR) is 126 cm³/mol. The smallest absolute Gasteiger partial charge is 0.230 e. The number of hydrogen-bond acceptors (Lipinski definition) is 3. The molecule has 1 saturated carbocycles. The highest BCUT2D eigenvalue weighted by Crippen LogP contribution is 2.42. The van der Waals surface area contributed by atoms with Gasteiger partial charge in [0.1, 0.15) is 0 Å². The fourth-order valence-electron chi connectivity index (χ4n) is 4.22. The number of rotatable bonds is 8. The predicted octanol–water partition coefficient (Wildman–Crippen LogP) is 6.87. The van der Waals surface area contributed by atoms with Crippen LogP contribution in [0.3, 0.4) is 0 Å². The summed E-state index contributed by atoms with van der Waals surface area (Å²) in [6, 6.07) is 17.4. The summed E-state index contributed by atoms with van der Waals surface area (Å²) < 4.78 is 0. The average Bonchev–Trinajstić information content (AvgIpc) is 2.75. The van der Waals surface area contributed by atoms with Crippen molar-refractivity contribution >= 4 is 28.5 Å². The fourth-order valence-corrected chi connectivity index (χ4v) is 5.08. The van der Waals surface area contributed by atoms with Crippen molar-refractivity contribution in [3.8, 4) is 0 Å². The molecule has 3 rings (SSSR count). The van der Waals surface area contributed by atoms with Crippen molar-refractivity contribution in [2.75, 3.05) is 5.32 Å². The third-order valence-corrected chi connectivity index (χ3v) is 6.99. The number of hydrogen-bond donors (Lipinski definition) is 1. The fraction of sp³-hybridized carbons (Fsp3) is 0.462. The maximum atomic E-state index is 13.4. The first-order valence-electron chi connectivity index (χ1n) is 11.1. The summed E-state index contributed by atoms with van der Waals surface area (Å²) in [4.78, 5) is 26.9. The van der Waals surface area contributed by atoms with E-state index in [9.17, 15) is 9.59 Å². The molecule has 0 aromatic heterocycles. The Labute approximate surface area is 185 Å². The molecule has 0 saturated heterocycles. The molecule has 2 aromatic carbocycles. The van der Waals surface area contributed by atoms with Crippen molar-refractivity contribution in [2.24, 2.45) is 11.3 Å². The maximum absolute atomic E-state index is 13.4. The van der Waals surface area contributed by atoms with E-state index in [0.717, 1.165) is 54.7 Å². The van der Waals surface area contributed by atoms with Gasteiger partial charge in [0.15, 0.2) is 5.12 Å². The summed E-state index contributed by atoms with van der Waals surface area (Å²) in [6.45, 7) is 4.44. The van der Waals surface area contributed by atoms with Gasteiger partial charge in [0.05, 0.1) is 5.69 Å². The number of benzene rings is 2. The minimum atomic E-state index is -0.269. The molecule has 0 aliphatic heterocycles. The van der Waals surface area contributed by atoms with Gasteiger partial charge in [-0.3, -0.25) is 9.59 Å². The number of carbonyl (C=O) groups excluding carboxylic acids is 2. The van der Waals surface area contributed by atoms with Crippen molar-refractivity contribution < 1.29 is 9.59 Å². The summed E-state index contributed by atoms with van der Waals surface area (Å²) in [5.74, 6) is 0.724. The van der Waals surface area contributed by atoms with Gasteiger partial charge in [-0.1, -0.05) is 75.6 Å². The number of para-hydroxylation sites is 1. The molecule has 2 aromatic rings. The van der Waals surface area contributed by atoms with Gasteiger partial charge in [0, 0.05) is 16.7 Å². The van der Waals surface area contributed by atoms with Crippen LogP contribution < -0.4 is 5.32 Å². The van der Waals surface area contributed by atoms with E-state index in [1.54, 1.807) is 0 Å². The third-order valence-electron chi connectivity index (χ3n) is 6.04. The molecule has 4 heteroatoms. The Morgan fingerprint density at radius 2 is 1.63 bits per heavy atom. The molecular formula is C26H33NO2S. The van der Waals surface area contributed by atoms with Crippen LogP contribution in [-0.4, -0.2) is 11.0 Å². The molecule has 3 nitrogen and oxygen atoms in total. The van der Waals surface area contributed by atoms with E-state index in [1.807, 2.05) is 54.6 Å². The van der Waals surface area contributed by atoms with Crippen molar-refractivity contribution in [1.82, 2.24) is 0 Å². The molecule has 1 aliphatic carbocycles. The lowest BCUT2D eigenvalue weighted by Gasteiger charge is -2.36. The highest BCUT2D eigenvalue weighted by atomic mass is 32.2. The average molecular weight is 424 g/mol. The standard InChI is InChI=1S/C26H33NO2S/c1-20(2)15-18-26(16-9-4-10-17-26)25(29)27-22-13-7-8-14-23(22)30-24(28)19-21-11-5-3-6-12-21/h3,5-8,11-14,20H,4,9-10,15-19H2,1-2H3,(H,27,29). The highest BCUT2D eigenvalue weighted by Gasteiger charge is 2.39. The molecular weight excluding hydrogens is 390 g/mol. The van der Waals surface area contributed by atoms with Crippen LogP contribution in [-0.2, 0) is 16.0 Å². The van der Waals surface area contributed by atoms with Gasteiger partial charge in [0.25, 0.3) is 0 Å². The Morgan fingerprint density at radius 1 is 0.967 bits per heavy atom. The second-order valence-corrected chi connectivity index (χ2v) is 9.96. The van der Waals surface area contributed by atoms with Crippen LogP contribution in [0, 0.1) is 11.3 Å². The Hall–Kier alpha value is -2.07. The normalized spacial score (nSPS) is 15.7. The van der Waals surface area contributed by atoms with Gasteiger partial charge in [0.2, 0.25) is 5.91 Å². The van der Waals surface area contributed by atoms with Crippen LogP contribution in [0.1, 0.15) is 64.4 Å². The maximum Gasteiger partial charge on any atom is 0.230 e. The summed E-state index contributed by atoms with van der Waals surface area (Å²) >= 11 is 1.22. The Balaban J connectivity index is 1.71.